The molecule has 0 rings (SSSR count). The van der Waals surface area contributed by atoms with E-state index in [-0.39, 0.29) is 13.2 Å². The van der Waals surface area contributed by atoms with Crippen LogP contribution in [0.2, 0.25) is 0 Å². The maximum atomic E-state index is 8.81. The van der Waals surface area contributed by atoms with E-state index in [0.29, 0.717) is 13.2 Å². The molecule has 0 fully saturated rings. The van der Waals surface area contributed by atoms with Crippen molar-refractivity contribution in [2.75, 3.05) is 26.4 Å². The number of hydrogen-bond acceptors (Lipinski definition) is 4. The van der Waals surface area contributed by atoms with Crippen LogP contribution in [0.1, 0.15) is 12.8 Å². The van der Waals surface area contributed by atoms with Crippen molar-refractivity contribution in [3.05, 3.63) is 0 Å². The zero-order valence-electron chi connectivity index (χ0n) is 6.70. The van der Waals surface area contributed by atoms with E-state index >= 15 is 0 Å². The van der Waals surface area contributed by atoms with Gasteiger partial charge >= 0.3 is 0 Å². The standard InChI is InChI=1S/C7H17NO3/c8-3-1-2-4-11-6-7(10)5-9/h7,9-10H,1-6,8H2. The fourth-order valence-corrected chi connectivity index (χ4v) is 0.621. The molecule has 68 valence electrons. The zero-order valence-corrected chi connectivity index (χ0v) is 6.70. The molecule has 0 saturated heterocycles. The third-order valence-corrected chi connectivity index (χ3v) is 1.26. The fraction of sp³-hybridized carbons (Fsp3) is 1.00. The SMILES string of the molecule is NCCCCOCC(O)CO. The minimum atomic E-state index is -0.743. The normalized spacial score (nSPS) is 13.4. The fourth-order valence-electron chi connectivity index (χ4n) is 0.621. The Labute approximate surface area is 67.0 Å². The summed E-state index contributed by atoms with van der Waals surface area (Å²) >= 11 is 0. The molecule has 0 amide bonds. The van der Waals surface area contributed by atoms with E-state index in [9.17, 15) is 0 Å². The Morgan fingerprint density at radius 2 is 2.09 bits per heavy atom. The van der Waals surface area contributed by atoms with Gasteiger partial charge in [-0.25, -0.2) is 0 Å². The number of aliphatic hydroxyl groups excluding tert-OH is 2. The molecule has 11 heavy (non-hydrogen) atoms. The van der Waals surface area contributed by atoms with E-state index in [1.54, 1.807) is 0 Å². The minimum Gasteiger partial charge on any atom is -0.394 e. The van der Waals surface area contributed by atoms with Gasteiger partial charge in [-0.2, -0.15) is 0 Å². The summed E-state index contributed by atoms with van der Waals surface area (Å²) in [5.74, 6) is 0. The summed E-state index contributed by atoms with van der Waals surface area (Å²) in [5.41, 5.74) is 5.25. The molecule has 0 aliphatic carbocycles. The third kappa shape index (κ3) is 7.74. The van der Waals surface area contributed by atoms with Gasteiger partial charge in [-0.05, 0) is 19.4 Å². The van der Waals surface area contributed by atoms with Crippen molar-refractivity contribution in [1.29, 1.82) is 0 Å². The molecule has 1 unspecified atom stereocenters. The van der Waals surface area contributed by atoms with Crippen LogP contribution in [0.5, 0.6) is 0 Å². The molecule has 0 aromatic rings. The first kappa shape index (κ1) is 10.8. The minimum absolute atomic E-state index is 0.209. The molecular weight excluding hydrogens is 146 g/mol. The molecule has 0 aliphatic heterocycles. The molecule has 0 bridgehead atoms. The molecule has 0 aromatic carbocycles. The lowest BCUT2D eigenvalue weighted by atomic mass is 10.3. The molecular formula is C7H17NO3. The molecule has 4 nitrogen and oxygen atoms in total. The second-order valence-electron chi connectivity index (χ2n) is 2.41. The van der Waals surface area contributed by atoms with Crippen LogP contribution in [-0.2, 0) is 4.74 Å². The highest BCUT2D eigenvalue weighted by molar-refractivity contribution is 4.48. The Balaban J connectivity index is 2.89. The lowest BCUT2D eigenvalue weighted by Crippen LogP contribution is -2.19. The van der Waals surface area contributed by atoms with Crippen LogP contribution < -0.4 is 5.73 Å². The first-order chi connectivity index (χ1) is 5.31. The summed E-state index contributed by atoms with van der Waals surface area (Å²) in [5, 5.41) is 17.2. The second-order valence-corrected chi connectivity index (χ2v) is 2.41. The van der Waals surface area contributed by atoms with Crippen LogP contribution in [-0.4, -0.2) is 42.7 Å². The van der Waals surface area contributed by atoms with Crippen LogP contribution in [0.3, 0.4) is 0 Å². The van der Waals surface area contributed by atoms with Crippen molar-refractivity contribution in [2.45, 2.75) is 18.9 Å². The largest absolute Gasteiger partial charge is 0.394 e. The summed E-state index contributed by atoms with van der Waals surface area (Å²) in [7, 11) is 0. The van der Waals surface area contributed by atoms with Crippen LogP contribution in [0.15, 0.2) is 0 Å². The van der Waals surface area contributed by atoms with E-state index in [0.717, 1.165) is 12.8 Å². The average Bonchev–Trinajstić information content (AvgIpc) is 2.04. The number of hydrogen-bond donors (Lipinski definition) is 3. The summed E-state index contributed by atoms with van der Waals surface area (Å²) in [6.07, 6.45) is 1.11. The van der Waals surface area contributed by atoms with Crippen LogP contribution in [0.25, 0.3) is 0 Å². The predicted molar refractivity (Wildman–Crippen MR) is 42.2 cm³/mol. The van der Waals surface area contributed by atoms with Crippen molar-refractivity contribution in [1.82, 2.24) is 0 Å². The lowest BCUT2D eigenvalue weighted by molar-refractivity contribution is 0.00547. The molecule has 4 heteroatoms. The predicted octanol–water partition coefficient (Wildman–Crippen LogP) is -0.905. The van der Waals surface area contributed by atoms with Gasteiger partial charge in [-0.1, -0.05) is 0 Å². The molecule has 0 radical (unpaired) electrons. The number of nitrogens with two attached hydrogens (primary N) is 1. The van der Waals surface area contributed by atoms with E-state index in [2.05, 4.69) is 0 Å². The van der Waals surface area contributed by atoms with E-state index in [1.807, 2.05) is 0 Å². The van der Waals surface area contributed by atoms with Crippen molar-refractivity contribution >= 4 is 0 Å². The van der Waals surface area contributed by atoms with Crippen molar-refractivity contribution in [3.8, 4) is 0 Å². The quantitative estimate of drug-likeness (QED) is 0.425. The summed E-state index contributed by atoms with van der Waals surface area (Å²) in [4.78, 5) is 0. The smallest absolute Gasteiger partial charge is 0.100 e. The molecule has 0 aromatic heterocycles. The molecule has 0 saturated carbocycles. The van der Waals surface area contributed by atoms with Gasteiger partial charge < -0.3 is 20.7 Å². The van der Waals surface area contributed by atoms with Gasteiger partial charge in [-0.3, -0.25) is 0 Å². The highest BCUT2D eigenvalue weighted by Crippen LogP contribution is 1.89. The van der Waals surface area contributed by atoms with Gasteiger partial charge in [0.15, 0.2) is 0 Å². The zero-order chi connectivity index (χ0) is 8.53. The first-order valence-corrected chi connectivity index (χ1v) is 3.88. The van der Waals surface area contributed by atoms with E-state index in [4.69, 9.17) is 20.7 Å². The van der Waals surface area contributed by atoms with Crippen molar-refractivity contribution in [2.24, 2.45) is 5.73 Å². The molecule has 0 aliphatic rings. The van der Waals surface area contributed by atoms with Gasteiger partial charge in [0.1, 0.15) is 6.10 Å². The summed E-state index contributed by atoms with van der Waals surface area (Å²) < 4.78 is 5.02. The Kier molecular flexibility index (Phi) is 7.83. The average molecular weight is 163 g/mol. The van der Waals surface area contributed by atoms with Crippen LogP contribution in [0.4, 0.5) is 0 Å². The van der Waals surface area contributed by atoms with Gasteiger partial charge in [0.2, 0.25) is 0 Å². The highest BCUT2D eigenvalue weighted by atomic mass is 16.5. The molecule has 1 atom stereocenters. The highest BCUT2D eigenvalue weighted by Gasteiger charge is 1.99. The van der Waals surface area contributed by atoms with Gasteiger partial charge in [0, 0.05) is 6.61 Å². The van der Waals surface area contributed by atoms with E-state index < -0.39 is 6.10 Å². The second kappa shape index (κ2) is 7.94. The summed E-state index contributed by atoms with van der Waals surface area (Å²) in [6.45, 7) is 1.25. The number of ether oxygens (including phenoxy) is 1. The number of rotatable bonds is 7. The summed E-state index contributed by atoms with van der Waals surface area (Å²) in [6, 6.07) is 0. The maximum absolute atomic E-state index is 8.81. The maximum Gasteiger partial charge on any atom is 0.100 e. The molecule has 0 heterocycles. The lowest BCUT2D eigenvalue weighted by Gasteiger charge is -2.07. The van der Waals surface area contributed by atoms with Crippen molar-refractivity contribution in [3.63, 3.8) is 0 Å². The van der Waals surface area contributed by atoms with Crippen molar-refractivity contribution < 1.29 is 14.9 Å². The third-order valence-electron chi connectivity index (χ3n) is 1.26. The topological polar surface area (TPSA) is 75.7 Å². The number of unbranched alkanes of at least 4 members (excludes halogenated alkanes) is 1. The monoisotopic (exact) mass is 163 g/mol. The Morgan fingerprint density at radius 3 is 2.64 bits per heavy atom. The van der Waals surface area contributed by atoms with Gasteiger partial charge in [0.25, 0.3) is 0 Å². The Hall–Kier alpha value is -0.160. The van der Waals surface area contributed by atoms with Crippen LogP contribution >= 0.6 is 0 Å². The Bertz CT molecular complexity index is 80.1. The first-order valence-electron chi connectivity index (χ1n) is 3.88. The van der Waals surface area contributed by atoms with Gasteiger partial charge in [0.05, 0.1) is 13.2 Å². The van der Waals surface area contributed by atoms with E-state index in [1.165, 1.54) is 0 Å². The van der Waals surface area contributed by atoms with Gasteiger partial charge in [-0.15, -0.1) is 0 Å². The number of aliphatic hydroxyl groups is 2. The Morgan fingerprint density at radius 1 is 1.36 bits per heavy atom. The molecule has 4 N–H and O–H groups in total. The molecule has 0 spiro atoms. The van der Waals surface area contributed by atoms with Crippen LogP contribution in [0, 0.1) is 0 Å².